The predicted molar refractivity (Wildman–Crippen MR) is 66.3 cm³/mol. The van der Waals surface area contributed by atoms with Crippen molar-refractivity contribution in [3.8, 4) is 0 Å². The van der Waals surface area contributed by atoms with Crippen molar-refractivity contribution in [1.82, 2.24) is 24.5 Å². The number of methoxy groups -OCH3 is 1. The molecule has 0 amide bonds. The first-order chi connectivity index (χ1) is 9.26. The monoisotopic (exact) mass is 264 g/mol. The average Bonchev–Trinajstić information content (AvgIpc) is 3.05. The highest BCUT2D eigenvalue weighted by molar-refractivity contribution is 5.88. The summed E-state index contributed by atoms with van der Waals surface area (Å²) in [5, 5.41) is 7.84. The molecule has 0 aliphatic rings. The summed E-state index contributed by atoms with van der Waals surface area (Å²) < 4.78 is 8.28. The molecule has 0 saturated carbocycles. The molecule has 2 rings (SSSR count). The molecule has 0 spiro atoms. The van der Waals surface area contributed by atoms with E-state index in [1.54, 1.807) is 17.2 Å². The summed E-state index contributed by atoms with van der Waals surface area (Å²) in [7, 11) is 1.32. The van der Waals surface area contributed by atoms with Gasteiger partial charge in [0, 0.05) is 25.4 Å². The van der Waals surface area contributed by atoms with Gasteiger partial charge in [0.15, 0.2) is 5.69 Å². The van der Waals surface area contributed by atoms with Crippen LogP contribution < -0.4 is 5.73 Å². The van der Waals surface area contributed by atoms with E-state index < -0.39 is 5.97 Å². The first kappa shape index (κ1) is 13.2. The van der Waals surface area contributed by atoms with E-state index in [1.165, 1.54) is 7.11 Å². The minimum absolute atomic E-state index is 0.235. The van der Waals surface area contributed by atoms with Gasteiger partial charge in [-0.2, -0.15) is 0 Å². The van der Waals surface area contributed by atoms with Crippen LogP contribution in [-0.2, 0) is 24.2 Å². The molecular weight excluding hydrogens is 248 g/mol. The summed E-state index contributed by atoms with van der Waals surface area (Å²) in [6, 6.07) is 0. The van der Waals surface area contributed by atoms with E-state index in [4.69, 9.17) is 5.73 Å². The fourth-order valence-corrected chi connectivity index (χ4v) is 1.78. The molecule has 0 fully saturated rings. The third kappa shape index (κ3) is 2.97. The molecule has 0 aromatic carbocycles. The van der Waals surface area contributed by atoms with Crippen molar-refractivity contribution in [2.75, 3.05) is 13.7 Å². The van der Waals surface area contributed by atoms with Crippen LogP contribution in [0.2, 0.25) is 0 Å². The fraction of sp³-hybridized carbons (Fsp3) is 0.455. The molecule has 0 aliphatic carbocycles. The van der Waals surface area contributed by atoms with Crippen LogP contribution in [0.25, 0.3) is 0 Å². The molecule has 2 N–H and O–H groups in total. The highest BCUT2D eigenvalue weighted by Crippen LogP contribution is 2.08. The molecule has 0 atom stereocenters. The number of nitrogens with two attached hydrogens (primary N) is 1. The number of carbonyl (C=O) groups is 1. The molecule has 2 heterocycles. The Morgan fingerprint density at radius 1 is 1.47 bits per heavy atom. The van der Waals surface area contributed by atoms with Crippen molar-refractivity contribution < 1.29 is 9.53 Å². The van der Waals surface area contributed by atoms with E-state index in [0.29, 0.717) is 31.7 Å². The van der Waals surface area contributed by atoms with Crippen molar-refractivity contribution in [2.24, 2.45) is 5.73 Å². The van der Waals surface area contributed by atoms with Crippen molar-refractivity contribution in [3.63, 3.8) is 0 Å². The van der Waals surface area contributed by atoms with E-state index in [9.17, 15) is 4.79 Å². The molecule has 19 heavy (non-hydrogen) atoms. The minimum Gasteiger partial charge on any atom is -0.464 e. The topological polar surface area (TPSA) is 101 Å². The second kappa shape index (κ2) is 6.10. The van der Waals surface area contributed by atoms with E-state index in [0.717, 1.165) is 0 Å². The van der Waals surface area contributed by atoms with Crippen LogP contribution in [-0.4, -0.2) is 44.2 Å². The van der Waals surface area contributed by atoms with Gasteiger partial charge < -0.3 is 15.0 Å². The molecule has 102 valence electrons. The summed E-state index contributed by atoms with van der Waals surface area (Å²) in [5.74, 6) is -0.489. The van der Waals surface area contributed by atoms with E-state index >= 15 is 0 Å². The lowest BCUT2D eigenvalue weighted by Crippen LogP contribution is -2.16. The highest BCUT2D eigenvalue weighted by atomic mass is 16.5. The van der Waals surface area contributed by atoms with Crippen LogP contribution in [0.1, 0.15) is 16.2 Å². The third-order valence-electron chi connectivity index (χ3n) is 2.73. The van der Waals surface area contributed by atoms with Gasteiger partial charge in [0.2, 0.25) is 0 Å². The first-order valence-electron chi connectivity index (χ1n) is 5.92. The third-order valence-corrected chi connectivity index (χ3v) is 2.73. The standard InChI is InChI=1S/C11H16N6O2/c1-19-11(18)10-9(2-3-12)17(15-14-10)7-6-16-5-4-13-8-16/h4-5,8H,2-3,6-7,12H2,1H3. The number of aromatic nitrogens is 5. The van der Waals surface area contributed by atoms with E-state index in [2.05, 4.69) is 20.0 Å². The first-order valence-corrected chi connectivity index (χ1v) is 5.92. The quantitative estimate of drug-likeness (QED) is 0.703. The lowest BCUT2D eigenvalue weighted by molar-refractivity contribution is 0.0592. The molecular formula is C11H16N6O2. The Morgan fingerprint density at radius 3 is 2.95 bits per heavy atom. The summed E-state index contributed by atoms with van der Waals surface area (Å²) in [5.41, 5.74) is 6.49. The number of hydrogen-bond donors (Lipinski definition) is 1. The Kier molecular flexibility index (Phi) is 4.24. The van der Waals surface area contributed by atoms with E-state index in [1.807, 2.05) is 10.8 Å². The second-order valence-electron chi connectivity index (χ2n) is 3.94. The van der Waals surface area contributed by atoms with Crippen LogP contribution in [0.3, 0.4) is 0 Å². The molecule has 0 radical (unpaired) electrons. The fourth-order valence-electron chi connectivity index (χ4n) is 1.78. The van der Waals surface area contributed by atoms with Crippen LogP contribution >= 0.6 is 0 Å². The SMILES string of the molecule is COC(=O)c1nnn(CCn2ccnc2)c1CCN. The Hall–Kier alpha value is -2.22. The highest BCUT2D eigenvalue weighted by Gasteiger charge is 2.19. The van der Waals surface area contributed by atoms with Crippen LogP contribution in [0.15, 0.2) is 18.7 Å². The number of ether oxygens (including phenoxy) is 1. The summed E-state index contributed by atoms with van der Waals surface area (Å²) in [4.78, 5) is 15.5. The zero-order valence-corrected chi connectivity index (χ0v) is 10.7. The normalized spacial score (nSPS) is 10.6. The van der Waals surface area contributed by atoms with E-state index in [-0.39, 0.29) is 5.69 Å². The zero-order chi connectivity index (χ0) is 13.7. The van der Waals surface area contributed by atoms with Crippen LogP contribution in [0, 0.1) is 0 Å². The van der Waals surface area contributed by atoms with Gasteiger partial charge in [-0.25, -0.2) is 14.5 Å². The van der Waals surface area contributed by atoms with Gasteiger partial charge in [0.05, 0.1) is 25.7 Å². The van der Waals surface area contributed by atoms with Crippen LogP contribution in [0.5, 0.6) is 0 Å². The second-order valence-corrected chi connectivity index (χ2v) is 3.94. The number of carbonyl (C=O) groups excluding carboxylic acids is 1. The largest absolute Gasteiger partial charge is 0.464 e. The number of nitrogens with zero attached hydrogens (tertiary/aromatic N) is 5. The van der Waals surface area contributed by atoms with Gasteiger partial charge in [-0.1, -0.05) is 5.21 Å². The average molecular weight is 264 g/mol. The predicted octanol–water partition coefficient (Wildman–Crippen LogP) is -0.537. The molecule has 0 saturated heterocycles. The van der Waals surface area contributed by atoms with Gasteiger partial charge in [-0.3, -0.25) is 0 Å². The molecule has 0 aliphatic heterocycles. The van der Waals surface area contributed by atoms with Crippen molar-refractivity contribution >= 4 is 5.97 Å². The molecule has 8 nitrogen and oxygen atoms in total. The lowest BCUT2D eigenvalue weighted by atomic mass is 10.2. The number of imidazole rings is 1. The minimum atomic E-state index is -0.489. The maximum atomic E-state index is 11.6. The lowest BCUT2D eigenvalue weighted by Gasteiger charge is -2.07. The summed E-state index contributed by atoms with van der Waals surface area (Å²) in [6.07, 6.45) is 5.82. The zero-order valence-electron chi connectivity index (χ0n) is 10.7. The van der Waals surface area contributed by atoms with Crippen LogP contribution in [0.4, 0.5) is 0 Å². The summed E-state index contributed by atoms with van der Waals surface area (Å²) in [6.45, 7) is 1.71. The Labute approximate surface area is 110 Å². The van der Waals surface area contributed by atoms with Gasteiger partial charge in [-0.05, 0) is 6.54 Å². The number of hydrogen-bond acceptors (Lipinski definition) is 6. The van der Waals surface area contributed by atoms with Crippen molar-refractivity contribution in [1.29, 1.82) is 0 Å². The molecule has 8 heteroatoms. The maximum absolute atomic E-state index is 11.6. The number of aryl methyl sites for hydroxylation is 2. The number of rotatable bonds is 6. The summed E-state index contributed by atoms with van der Waals surface area (Å²) >= 11 is 0. The smallest absolute Gasteiger partial charge is 0.360 e. The Balaban J connectivity index is 2.15. The Bertz CT molecular complexity index is 533. The maximum Gasteiger partial charge on any atom is 0.360 e. The van der Waals surface area contributed by atoms with Gasteiger partial charge >= 0.3 is 5.97 Å². The molecule has 0 unspecified atom stereocenters. The van der Waals surface area contributed by atoms with Crippen molar-refractivity contribution in [3.05, 3.63) is 30.1 Å². The van der Waals surface area contributed by atoms with Gasteiger partial charge in [0.1, 0.15) is 0 Å². The van der Waals surface area contributed by atoms with Gasteiger partial charge in [0.25, 0.3) is 0 Å². The Morgan fingerprint density at radius 2 is 2.32 bits per heavy atom. The molecule has 2 aromatic rings. The van der Waals surface area contributed by atoms with Gasteiger partial charge in [-0.15, -0.1) is 5.10 Å². The molecule has 0 bridgehead atoms. The molecule has 2 aromatic heterocycles. The van der Waals surface area contributed by atoms with Crippen molar-refractivity contribution in [2.45, 2.75) is 19.5 Å². The number of esters is 1.